The highest BCUT2D eigenvalue weighted by Gasteiger charge is 2.32. The first-order valence-electron chi connectivity index (χ1n) is 12.3. The fourth-order valence-corrected chi connectivity index (χ4v) is 6.60. The average Bonchev–Trinajstić information content (AvgIpc) is 3.41. The molecule has 3 aromatic rings. The van der Waals surface area contributed by atoms with Crippen molar-refractivity contribution in [3.8, 4) is 6.07 Å². The largest absolute Gasteiger partial charge is 0.342 e. The maximum Gasteiger partial charge on any atom is 0.251 e. The van der Waals surface area contributed by atoms with Crippen molar-refractivity contribution in [1.82, 2.24) is 20.1 Å². The number of aromatic nitrogens is 3. The summed E-state index contributed by atoms with van der Waals surface area (Å²) in [6.45, 7) is 8.63. The van der Waals surface area contributed by atoms with E-state index in [0.29, 0.717) is 33.0 Å². The van der Waals surface area contributed by atoms with Gasteiger partial charge >= 0.3 is 0 Å². The molecule has 0 unspecified atom stereocenters. The topological polar surface area (TPSA) is 113 Å². The van der Waals surface area contributed by atoms with E-state index in [1.165, 1.54) is 28.0 Å². The lowest BCUT2D eigenvalue weighted by molar-refractivity contribution is -0.113. The van der Waals surface area contributed by atoms with E-state index >= 15 is 0 Å². The second-order valence-corrected chi connectivity index (χ2v) is 12.5. The number of carbonyl (C=O) groups is 2. The summed E-state index contributed by atoms with van der Waals surface area (Å²) in [4.78, 5) is 26.5. The van der Waals surface area contributed by atoms with Crippen LogP contribution in [0.5, 0.6) is 0 Å². The molecule has 10 heteroatoms. The molecule has 4 rings (SSSR count). The van der Waals surface area contributed by atoms with Crippen LogP contribution < -0.4 is 10.6 Å². The number of benzene rings is 1. The maximum atomic E-state index is 12.8. The number of hydrogen-bond acceptors (Lipinski definition) is 7. The Kier molecular flexibility index (Phi) is 8.05. The van der Waals surface area contributed by atoms with Gasteiger partial charge in [0.25, 0.3) is 5.91 Å². The van der Waals surface area contributed by atoms with E-state index in [-0.39, 0.29) is 29.0 Å². The van der Waals surface area contributed by atoms with Gasteiger partial charge in [-0.15, -0.1) is 21.5 Å². The van der Waals surface area contributed by atoms with Crippen molar-refractivity contribution < 1.29 is 9.59 Å². The van der Waals surface area contributed by atoms with Gasteiger partial charge in [0.1, 0.15) is 11.1 Å². The van der Waals surface area contributed by atoms with Gasteiger partial charge < -0.3 is 15.2 Å². The second-order valence-electron chi connectivity index (χ2n) is 10.4. The number of hydrogen-bond donors (Lipinski definition) is 2. The first-order chi connectivity index (χ1) is 17.6. The van der Waals surface area contributed by atoms with E-state index < -0.39 is 0 Å². The van der Waals surface area contributed by atoms with Crippen LogP contribution in [0.4, 0.5) is 5.00 Å². The zero-order valence-electron chi connectivity index (χ0n) is 21.8. The Morgan fingerprint density at radius 3 is 2.68 bits per heavy atom. The second kappa shape index (κ2) is 11.1. The predicted octanol–water partition coefficient (Wildman–Crippen LogP) is 5.12. The molecule has 0 radical (unpaired) electrons. The number of nitrogens with one attached hydrogen (secondary N) is 2. The third-order valence-corrected chi connectivity index (χ3v) is 9.02. The monoisotopic (exact) mass is 536 g/mol. The number of amides is 2. The Balaban J connectivity index is 1.37. The van der Waals surface area contributed by atoms with E-state index in [0.717, 1.165) is 24.8 Å². The van der Waals surface area contributed by atoms with Gasteiger partial charge in [-0.2, -0.15) is 5.26 Å². The minimum atomic E-state index is -0.360. The van der Waals surface area contributed by atoms with Crippen LogP contribution in [0.1, 0.15) is 72.3 Å². The van der Waals surface area contributed by atoms with Crippen LogP contribution in [-0.2, 0) is 24.7 Å². The Morgan fingerprint density at radius 2 is 2.00 bits per heavy atom. The normalized spacial score (nSPS) is 15.9. The smallest absolute Gasteiger partial charge is 0.251 e. The van der Waals surface area contributed by atoms with Gasteiger partial charge in [-0.3, -0.25) is 9.59 Å². The summed E-state index contributed by atoms with van der Waals surface area (Å²) in [6.07, 6.45) is 2.88. The van der Waals surface area contributed by atoms with Gasteiger partial charge in [0, 0.05) is 17.5 Å². The fraction of sp³-hybridized carbons (Fsp3) is 0.444. The van der Waals surface area contributed by atoms with Crippen LogP contribution in [0.2, 0.25) is 0 Å². The first-order valence-corrected chi connectivity index (χ1v) is 14.1. The molecule has 2 amide bonds. The SMILES string of the molecule is C[C@@H](NC(=O)c1ccccc1)c1nnc(SCC(=O)Nc2sc3c(c2C#N)CC[C@H](C(C)(C)C)C3)n1C. The van der Waals surface area contributed by atoms with Gasteiger partial charge in [-0.1, -0.05) is 50.7 Å². The Hall–Kier alpha value is -3.16. The third kappa shape index (κ3) is 6.05. The number of thiophene rings is 1. The molecule has 2 aromatic heterocycles. The molecule has 2 atom stereocenters. The first kappa shape index (κ1) is 26.9. The number of carbonyl (C=O) groups excluding carboxylic acids is 2. The third-order valence-electron chi connectivity index (χ3n) is 6.83. The van der Waals surface area contributed by atoms with Crippen LogP contribution in [0.15, 0.2) is 35.5 Å². The van der Waals surface area contributed by atoms with Gasteiger partial charge in [0.2, 0.25) is 5.91 Å². The van der Waals surface area contributed by atoms with E-state index in [2.05, 4.69) is 47.7 Å². The standard InChI is InChI=1S/C27H32N6O2S2/c1-16(29-24(35)17-9-7-6-8-10-17)23-31-32-26(33(23)5)36-15-22(34)30-25-20(14-28)19-12-11-18(27(2,3)4)13-21(19)37-25/h6-10,16,18H,11-13,15H2,1-5H3,(H,29,35)(H,30,34)/t16-,18+/m1/s1. The van der Waals surface area contributed by atoms with Crippen LogP contribution in [0.25, 0.3) is 0 Å². The number of thioether (sulfide) groups is 1. The molecular formula is C27H32N6O2S2. The summed E-state index contributed by atoms with van der Waals surface area (Å²) in [5, 5.41) is 25.3. The predicted molar refractivity (Wildman–Crippen MR) is 147 cm³/mol. The molecule has 1 aliphatic carbocycles. The van der Waals surface area contributed by atoms with Crippen LogP contribution >= 0.6 is 23.1 Å². The van der Waals surface area contributed by atoms with Gasteiger partial charge in [-0.05, 0) is 55.2 Å². The molecule has 0 aliphatic heterocycles. The average molecular weight is 537 g/mol. The summed E-state index contributed by atoms with van der Waals surface area (Å²) in [7, 11) is 1.81. The molecule has 8 nitrogen and oxygen atoms in total. The summed E-state index contributed by atoms with van der Waals surface area (Å²) in [5.41, 5.74) is 2.49. The highest BCUT2D eigenvalue weighted by atomic mass is 32.2. The number of nitriles is 1. The van der Waals surface area contributed by atoms with E-state index in [4.69, 9.17) is 0 Å². The van der Waals surface area contributed by atoms with Crippen LogP contribution in [0, 0.1) is 22.7 Å². The van der Waals surface area contributed by atoms with Gasteiger partial charge in [0.15, 0.2) is 11.0 Å². The molecule has 194 valence electrons. The molecule has 1 aromatic carbocycles. The van der Waals surface area contributed by atoms with Gasteiger partial charge in [-0.25, -0.2) is 0 Å². The summed E-state index contributed by atoms with van der Waals surface area (Å²) in [5.74, 6) is 0.912. The van der Waals surface area contributed by atoms with E-state index in [9.17, 15) is 14.9 Å². The van der Waals surface area contributed by atoms with Crippen molar-refractivity contribution in [1.29, 1.82) is 5.26 Å². The minimum absolute atomic E-state index is 0.134. The zero-order valence-corrected chi connectivity index (χ0v) is 23.4. The Labute approximate surface area is 225 Å². The maximum absolute atomic E-state index is 12.8. The molecule has 0 saturated heterocycles. The number of fused-ring (bicyclic) bond motifs is 1. The molecule has 37 heavy (non-hydrogen) atoms. The molecule has 2 heterocycles. The van der Waals surface area contributed by atoms with Crippen molar-refractivity contribution in [2.45, 2.75) is 58.2 Å². The van der Waals surface area contributed by atoms with Crippen molar-refractivity contribution in [2.24, 2.45) is 18.4 Å². The van der Waals surface area contributed by atoms with E-state index in [1.807, 2.05) is 32.2 Å². The van der Waals surface area contributed by atoms with Gasteiger partial charge in [0.05, 0.1) is 17.4 Å². The molecule has 0 spiro atoms. The molecular weight excluding hydrogens is 504 g/mol. The molecule has 0 bridgehead atoms. The highest BCUT2D eigenvalue weighted by molar-refractivity contribution is 7.99. The Bertz CT molecular complexity index is 1330. The molecule has 1 aliphatic rings. The van der Waals surface area contributed by atoms with Crippen LogP contribution in [-0.4, -0.2) is 32.3 Å². The van der Waals surface area contributed by atoms with Crippen molar-refractivity contribution >= 4 is 39.9 Å². The van der Waals surface area contributed by atoms with Crippen molar-refractivity contribution in [3.05, 3.63) is 57.7 Å². The minimum Gasteiger partial charge on any atom is -0.342 e. The molecule has 0 saturated carbocycles. The fourth-order valence-electron chi connectivity index (χ4n) is 4.59. The highest BCUT2D eigenvalue weighted by Crippen LogP contribution is 2.44. The summed E-state index contributed by atoms with van der Waals surface area (Å²) < 4.78 is 1.78. The summed E-state index contributed by atoms with van der Waals surface area (Å²) >= 11 is 2.80. The Morgan fingerprint density at radius 1 is 1.27 bits per heavy atom. The van der Waals surface area contributed by atoms with Crippen LogP contribution in [0.3, 0.4) is 0 Å². The number of anilines is 1. The quantitative estimate of drug-likeness (QED) is 0.405. The molecule has 0 fully saturated rings. The lowest BCUT2D eigenvalue weighted by atomic mass is 9.72. The zero-order chi connectivity index (χ0) is 26.7. The van der Waals surface area contributed by atoms with E-state index in [1.54, 1.807) is 16.7 Å². The lowest BCUT2D eigenvalue weighted by Crippen LogP contribution is -2.28. The number of nitrogens with zero attached hydrogens (tertiary/aromatic N) is 4. The molecule has 2 N–H and O–H groups in total. The van der Waals surface area contributed by atoms with Crippen molar-refractivity contribution in [3.63, 3.8) is 0 Å². The lowest BCUT2D eigenvalue weighted by Gasteiger charge is -2.33. The summed E-state index contributed by atoms with van der Waals surface area (Å²) in [6, 6.07) is 11.0. The van der Waals surface area contributed by atoms with Crippen molar-refractivity contribution in [2.75, 3.05) is 11.1 Å². The number of rotatable bonds is 7.